The third-order valence-corrected chi connectivity index (χ3v) is 3.96. The van der Waals surface area contributed by atoms with Crippen LogP contribution in [0.3, 0.4) is 0 Å². The number of hydrogen-bond donors (Lipinski definition) is 7. The molecule has 0 spiro atoms. The van der Waals surface area contributed by atoms with E-state index in [0.717, 1.165) is 0 Å². The normalized spacial score (nSPS) is 50.9. The van der Waals surface area contributed by atoms with Crippen molar-refractivity contribution in [2.75, 3.05) is 13.2 Å². The molecule has 23 heavy (non-hydrogen) atoms. The monoisotopic (exact) mass is 340 g/mol. The van der Waals surface area contributed by atoms with Gasteiger partial charge in [0.25, 0.3) is 0 Å². The van der Waals surface area contributed by atoms with Crippen LogP contribution in [0.1, 0.15) is 0 Å². The number of rotatable bonds is 5. The van der Waals surface area contributed by atoms with Crippen molar-refractivity contribution < 1.29 is 54.8 Å². The van der Waals surface area contributed by atoms with Crippen LogP contribution in [0.2, 0.25) is 0 Å². The van der Waals surface area contributed by atoms with Crippen LogP contribution in [0.4, 0.5) is 0 Å². The van der Waals surface area contributed by atoms with Crippen molar-refractivity contribution in [2.45, 2.75) is 54.8 Å². The second-order valence-corrected chi connectivity index (χ2v) is 5.44. The molecule has 0 aromatic rings. The number of aliphatic hydroxyl groups is 7. The lowest BCUT2D eigenvalue weighted by Gasteiger charge is -2.42. The van der Waals surface area contributed by atoms with Gasteiger partial charge in [0.1, 0.15) is 49.3 Å². The number of hydrogen-bond acceptors (Lipinski definition) is 11. The zero-order valence-electron chi connectivity index (χ0n) is 11.9. The summed E-state index contributed by atoms with van der Waals surface area (Å²) in [5.41, 5.74) is 0. The number of carbonyl (C=O) groups excluding carboxylic acids is 1. The van der Waals surface area contributed by atoms with E-state index < -0.39 is 68.0 Å². The topological polar surface area (TPSA) is 186 Å². The van der Waals surface area contributed by atoms with Crippen molar-refractivity contribution >= 4 is 6.29 Å². The van der Waals surface area contributed by atoms with Gasteiger partial charge in [0.15, 0.2) is 12.6 Å². The van der Waals surface area contributed by atoms with Gasteiger partial charge in [-0.05, 0) is 0 Å². The molecule has 11 heteroatoms. The molecule has 11 nitrogen and oxygen atoms in total. The van der Waals surface area contributed by atoms with E-state index in [1.807, 2.05) is 0 Å². The predicted octanol–water partition coefficient (Wildman–Crippen LogP) is -5.19. The van der Waals surface area contributed by atoms with Crippen molar-refractivity contribution in [2.24, 2.45) is 0 Å². The molecular formula is C12H20O11. The van der Waals surface area contributed by atoms with Crippen LogP contribution in [0, 0.1) is 0 Å². The minimum absolute atomic E-state index is 0.180. The van der Waals surface area contributed by atoms with Gasteiger partial charge in [-0.1, -0.05) is 0 Å². The molecule has 9 atom stereocenters. The van der Waals surface area contributed by atoms with Crippen LogP contribution < -0.4 is 0 Å². The molecule has 0 amide bonds. The van der Waals surface area contributed by atoms with Gasteiger partial charge in [-0.2, -0.15) is 0 Å². The van der Waals surface area contributed by atoms with E-state index in [2.05, 4.69) is 0 Å². The van der Waals surface area contributed by atoms with Crippen LogP contribution in [-0.2, 0) is 19.0 Å². The summed E-state index contributed by atoms with van der Waals surface area (Å²) >= 11 is 0. The summed E-state index contributed by atoms with van der Waals surface area (Å²) in [6.45, 7) is -1.67. The Morgan fingerprint density at radius 1 is 1.00 bits per heavy atom. The Morgan fingerprint density at radius 3 is 2.13 bits per heavy atom. The van der Waals surface area contributed by atoms with Crippen LogP contribution in [0.15, 0.2) is 0 Å². The lowest BCUT2D eigenvalue weighted by Crippen LogP contribution is -2.62. The molecule has 9 unspecified atom stereocenters. The average Bonchev–Trinajstić information content (AvgIpc) is 2.80. The molecule has 2 heterocycles. The van der Waals surface area contributed by atoms with Crippen molar-refractivity contribution in [3.8, 4) is 0 Å². The second kappa shape index (κ2) is 7.03. The molecule has 7 N–H and O–H groups in total. The van der Waals surface area contributed by atoms with Gasteiger partial charge in [0.05, 0.1) is 6.61 Å². The first kappa shape index (κ1) is 18.6. The van der Waals surface area contributed by atoms with E-state index in [-0.39, 0.29) is 6.29 Å². The second-order valence-electron chi connectivity index (χ2n) is 5.44. The maximum Gasteiger partial charge on any atom is 0.224 e. The van der Waals surface area contributed by atoms with Crippen LogP contribution in [0.5, 0.6) is 0 Å². The molecule has 0 radical (unpaired) electrons. The molecular weight excluding hydrogens is 320 g/mol. The zero-order valence-corrected chi connectivity index (χ0v) is 11.9. The minimum Gasteiger partial charge on any atom is -0.394 e. The molecule has 2 rings (SSSR count). The largest absolute Gasteiger partial charge is 0.394 e. The fourth-order valence-corrected chi connectivity index (χ4v) is 2.55. The standard InChI is InChI=1S/C12H20O11/c13-1-4-6(16)8(18)9(19)11(21-4)23-12(3-15)10(20)7(17)5(2-14)22-12/h1,4-11,14-20H,2-3H2. The fraction of sp³-hybridized carbons (Fsp3) is 0.917. The number of ether oxygens (including phenoxy) is 3. The SMILES string of the molecule is O=CC1OC(OC2(CO)OC(CO)C(O)C2O)C(O)C(O)C1O. The maximum atomic E-state index is 10.8. The Labute approximate surface area is 130 Å². The first-order valence-corrected chi connectivity index (χ1v) is 6.89. The molecule has 0 bridgehead atoms. The van der Waals surface area contributed by atoms with E-state index >= 15 is 0 Å². The molecule has 0 aromatic carbocycles. The summed E-state index contributed by atoms with van der Waals surface area (Å²) in [6, 6.07) is 0. The third kappa shape index (κ3) is 3.13. The van der Waals surface area contributed by atoms with Crippen molar-refractivity contribution in [3.05, 3.63) is 0 Å². The molecule has 0 saturated carbocycles. The van der Waals surface area contributed by atoms with Crippen molar-refractivity contribution in [1.29, 1.82) is 0 Å². The summed E-state index contributed by atoms with van der Waals surface area (Å²) < 4.78 is 15.3. The Balaban J connectivity index is 2.19. The lowest BCUT2D eigenvalue weighted by atomic mass is 9.99. The molecule has 2 aliphatic rings. The number of aldehydes is 1. The Bertz CT molecular complexity index is 420. The Morgan fingerprint density at radius 2 is 1.65 bits per heavy atom. The highest BCUT2D eigenvalue weighted by Crippen LogP contribution is 2.35. The molecule has 0 aliphatic carbocycles. The van der Waals surface area contributed by atoms with Gasteiger partial charge < -0.3 is 54.8 Å². The molecule has 134 valence electrons. The summed E-state index contributed by atoms with van der Waals surface area (Å²) in [6.07, 6.45) is -13.1. The Hall–Kier alpha value is -0.730. The summed E-state index contributed by atoms with van der Waals surface area (Å²) in [4.78, 5) is 10.8. The van der Waals surface area contributed by atoms with E-state index in [9.17, 15) is 35.4 Å². The van der Waals surface area contributed by atoms with Gasteiger partial charge in [0.2, 0.25) is 5.79 Å². The fourth-order valence-electron chi connectivity index (χ4n) is 2.55. The first-order chi connectivity index (χ1) is 10.8. The highest BCUT2D eigenvalue weighted by Gasteiger charge is 2.58. The minimum atomic E-state index is -2.26. The smallest absolute Gasteiger partial charge is 0.224 e. The van der Waals surface area contributed by atoms with Crippen LogP contribution in [0.25, 0.3) is 0 Å². The molecule has 2 fully saturated rings. The maximum absolute atomic E-state index is 10.8. The van der Waals surface area contributed by atoms with Gasteiger partial charge in [-0.25, -0.2) is 0 Å². The van der Waals surface area contributed by atoms with E-state index in [1.165, 1.54) is 0 Å². The van der Waals surface area contributed by atoms with Crippen LogP contribution in [-0.4, -0.2) is 110 Å². The molecule has 0 aromatic heterocycles. The van der Waals surface area contributed by atoms with Gasteiger partial charge in [0, 0.05) is 0 Å². The Kier molecular flexibility index (Phi) is 5.68. The summed E-state index contributed by atoms with van der Waals surface area (Å²) in [7, 11) is 0. The summed E-state index contributed by atoms with van der Waals surface area (Å²) in [5.74, 6) is -2.26. The van der Waals surface area contributed by atoms with Crippen molar-refractivity contribution in [1.82, 2.24) is 0 Å². The van der Waals surface area contributed by atoms with Crippen LogP contribution >= 0.6 is 0 Å². The quantitative estimate of drug-likeness (QED) is 0.237. The van der Waals surface area contributed by atoms with Gasteiger partial charge in [-0.3, -0.25) is 0 Å². The lowest BCUT2D eigenvalue weighted by molar-refractivity contribution is -0.377. The molecule has 2 aliphatic heterocycles. The highest BCUT2D eigenvalue weighted by molar-refractivity contribution is 5.57. The first-order valence-electron chi connectivity index (χ1n) is 6.89. The average molecular weight is 340 g/mol. The van der Waals surface area contributed by atoms with E-state index in [4.69, 9.17) is 19.3 Å². The predicted molar refractivity (Wildman–Crippen MR) is 67.6 cm³/mol. The number of aliphatic hydroxyl groups excluding tert-OH is 7. The van der Waals surface area contributed by atoms with Gasteiger partial charge >= 0.3 is 0 Å². The zero-order chi connectivity index (χ0) is 17.4. The highest BCUT2D eigenvalue weighted by atomic mass is 16.8. The van der Waals surface area contributed by atoms with E-state index in [1.54, 1.807) is 0 Å². The summed E-state index contributed by atoms with van der Waals surface area (Å²) in [5, 5.41) is 67.3. The van der Waals surface area contributed by atoms with Crippen molar-refractivity contribution in [3.63, 3.8) is 0 Å². The number of carbonyl (C=O) groups is 1. The van der Waals surface area contributed by atoms with E-state index in [0.29, 0.717) is 0 Å². The third-order valence-electron chi connectivity index (χ3n) is 3.96. The molecule has 2 saturated heterocycles. The van der Waals surface area contributed by atoms with Gasteiger partial charge in [-0.15, -0.1) is 0 Å².